The quantitative estimate of drug-likeness (QED) is 0.343. The molecule has 3 aromatic rings. The molecule has 0 saturated carbocycles. The van der Waals surface area contributed by atoms with Gasteiger partial charge in [-0.25, -0.2) is 9.78 Å². The number of carboxylic acids is 1. The zero-order valence-electron chi connectivity index (χ0n) is 23.5. The van der Waals surface area contributed by atoms with Gasteiger partial charge in [-0.05, 0) is 96.0 Å². The Labute approximate surface area is 237 Å². The smallest absolute Gasteiger partial charge is 0.490 e. The summed E-state index contributed by atoms with van der Waals surface area (Å²) in [5, 5.41) is 15.4. The minimum absolute atomic E-state index is 0.426. The fourth-order valence-corrected chi connectivity index (χ4v) is 4.95. The summed E-state index contributed by atoms with van der Waals surface area (Å²) in [6, 6.07) is 10.6. The molecule has 0 amide bonds. The van der Waals surface area contributed by atoms with Crippen LogP contribution in [0.3, 0.4) is 0 Å². The van der Waals surface area contributed by atoms with Crippen molar-refractivity contribution >= 4 is 22.6 Å². The molecule has 0 bridgehead atoms. The minimum atomic E-state index is -5.08. The first kappa shape index (κ1) is 30.4. The SMILES string of the molecule is COc1cc2c(NC3CCN(C)CC3)cc(-c3ccc(C)o3)nc2cc1OCC1CCNCC1.O=C(O)C(F)(F)F. The van der Waals surface area contributed by atoms with Gasteiger partial charge in [0.2, 0.25) is 0 Å². The molecule has 2 aliphatic heterocycles. The number of likely N-dealkylation sites (tertiary alicyclic amines) is 1. The number of hydrogen-bond donors (Lipinski definition) is 3. The predicted octanol–water partition coefficient (Wildman–Crippen LogP) is 5.33. The Morgan fingerprint density at radius 2 is 1.83 bits per heavy atom. The van der Waals surface area contributed by atoms with Crippen LogP contribution in [0.2, 0.25) is 0 Å². The number of methoxy groups -OCH3 is 1. The minimum Gasteiger partial charge on any atom is -0.493 e. The molecular formula is C29H37F3N4O5. The number of benzene rings is 1. The largest absolute Gasteiger partial charge is 0.493 e. The highest BCUT2D eigenvalue weighted by Gasteiger charge is 2.38. The van der Waals surface area contributed by atoms with E-state index in [2.05, 4.69) is 34.7 Å². The van der Waals surface area contributed by atoms with Gasteiger partial charge in [0.1, 0.15) is 11.5 Å². The van der Waals surface area contributed by atoms with Crippen LogP contribution in [0.1, 0.15) is 31.4 Å². The molecule has 224 valence electrons. The van der Waals surface area contributed by atoms with Gasteiger partial charge in [0.05, 0.1) is 19.2 Å². The first-order valence-electron chi connectivity index (χ1n) is 13.7. The number of carbonyl (C=O) groups is 1. The molecule has 0 radical (unpaired) electrons. The van der Waals surface area contributed by atoms with E-state index in [-0.39, 0.29) is 0 Å². The lowest BCUT2D eigenvalue weighted by molar-refractivity contribution is -0.192. The van der Waals surface area contributed by atoms with Gasteiger partial charge in [0.25, 0.3) is 0 Å². The van der Waals surface area contributed by atoms with Crippen LogP contribution in [0.4, 0.5) is 18.9 Å². The Hall–Kier alpha value is -3.51. The van der Waals surface area contributed by atoms with Crippen molar-refractivity contribution in [1.82, 2.24) is 15.2 Å². The molecule has 2 fully saturated rings. The number of ether oxygens (including phenoxy) is 2. The molecule has 1 aromatic carbocycles. The Kier molecular flexibility index (Phi) is 9.98. The lowest BCUT2D eigenvalue weighted by Crippen LogP contribution is -2.36. The molecule has 9 nitrogen and oxygen atoms in total. The fourth-order valence-electron chi connectivity index (χ4n) is 4.95. The zero-order valence-corrected chi connectivity index (χ0v) is 23.5. The topological polar surface area (TPSA) is 109 Å². The normalized spacial score (nSPS) is 17.1. The second-order valence-corrected chi connectivity index (χ2v) is 10.5. The van der Waals surface area contributed by atoms with Gasteiger partial charge < -0.3 is 34.5 Å². The number of aliphatic carboxylic acids is 1. The molecule has 4 heterocycles. The third-order valence-corrected chi connectivity index (χ3v) is 7.34. The summed E-state index contributed by atoms with van der Waals surface area (Å²) in [5.74, 6) is 0.956. The molecule has 0 atom stereocenters. The molecule has 12 heteroatoms. The van der Waals surface area contributed by atoms with Crippen LogP contribution in [-0.4, -0.2) is 80.1 Å². The number of furan rings is 1. The maximum atomic E-state index is 10.6. The summed E-state index contributed by atoms with van der Waals surface area (Å²) in [6.07, 6.45) is -0.574. The summed E-state index contributed by atoms with van der Waals surface area (Å²) < 4.78 is 49.7. The van der Waals surface area contributed by atoms with E-state index in [1.807, 2.05) is 25.1 Å². The van der Waals surface area contributed by atoms with Crippen molar-refractivity contribution < 1.29 is 37.0 Å². The van der Waals surface area contributed by atoms with Crippen molar-refractivity contribution in [2.45, 2.75) is 44.8 Å². The number of alkyl halides is 3. The fraction of sp³-hybridized carbons (Fsp3) is 0.517. The Morgan fingerprint density at radius 3 is 2.41 bits per heavy atom. The molecule has 0 spiro atoms. The van der Waals surface area contributed by atoms with E-state index < -0.39 is 12.1 Å². The van der Waals surface area contributed by atoms with Crippen LogP contribution < -0.4 is 20.1 Å². The molecule has 3 N–H and O–H groups in total. The third kappa shape index (κ3) is 8.26. The number of fused-ring (bicyclic) bond motifs is 1. The van der Waals surface area contributed by atoms with E-state index in [4.69, 9.17) is 28.8 Å². The highest BCUT2D eigenvalue weighted by Crippen LogP contribution is 2.38. The lowest BCUT2D eigenvalue weighted by Gasteiger charge is -2.30. The number of aryl methyl sites for hydroxylation is 1. The van der Waals surface area contributed by atoms with Gasteiger partial charge >= 0.3 is 12.1 Å². The zero-order chi connectivity index (χ0) is 29.6. The van der Waals surface area contributed by atoms with E-state index in [1.54, 1.807) is 7.11 Å². The first-order chi connectivity index (χ1) is 19.5. The maximum absolute atomic E-state index is 10.6. The van der Waals surface area contributed by atoms with Gasteiger partial charge in [-0.2, -0.15) is 13.2 Å². The highest BCUT2D eigenvalue weighted by atomic mass is 19.4. The molecule has 2 aromatic heterocycles. The molecule has 2 aliphatic rings. The van der Waals surface area contributed by atoms with Crippen LogP contribution >= 0.6 is 0 Å². The van der Waals surface area contributed by atoms with Crippen molar-refractivity contribution in [3.8, 4) is 23.0 Å². The van der Waals surface area contributed by atoms with E-state index >= 15 is 0 Å². The Bertz CT molecular complexity index is 1320. The summed E-state index contributed by atoms with van der Waals surface area (Å²) in [5.41, 5.74) is 2.76. The summed E-state index contributed by atoms with van der Waals surface area (Å²) in [6.45, 7) is 6.97. The first-order valence-corrected chi connectivity index (χ1v) is 13.7. The molecule has 2 saturated heterocycles. The number of anilines is 1. The van der Waals surface area contributed by atoms with E-state index in [0.29, 0.717) is 18.6 Å². The van der Waals surface area contributed by atoms with Crippen molar-refractivity contribution in [2.24, 2.45) is 5.92 Å². The van der Waals surface area contributed by atoms with Gasteiger partial charge in [-0.1, -0.05) is 0 Å². The number of halogens is 3. The second kappa shape index (κ2) is 13.4. The van der Waals surface area contributed by atoms with Crippen molar-refractivity contribution in [3.05, 3.63) is 36.1 Å². The standard InChI is InChI=1S/C27H36N4O3.C2HF3O2/c1-18-4-5-25(34-18)24-15-22(29-20-8-12-31(2)13-9-20)21-14-26(32-3)27(16-23(21)30-24)33-17-19-6-10-28-11-7-19;3-2(4,5)1(6)7/h4-5,14-16,19-20,28H,6-13,17H2,1-3H3,(H,29,30);(H,6,7). The van der Waals surface area contributed by atoms with Crippen LogP contribution in [-0.2, 0) is 4.79 Å². The third-order valence-electron chi connectivity index (χ3n) is 7.34. The summed E-state index contributed by atoms with van der Waals surface area (Å²) in [7, 11) is 3.89. The van der Waals surface area contributed by atoms with Crippen LogP contribution in [0.5, 0.6) is 11.5 Å². The van der Waals surface area contributed by atoms with Gasteiger partial charge in [0.15, 0.2) is 17.3 Å². The number of piperidine rings is 2. The number of aromatic nitrogens is 1. The highest BCUT2D eigenvalue weighted by molar-refractivity contribution is 5.95. The number of pyridine rings is 1. The number of hydrogen-bond acceptors (Lipinski definition) is 8. The van der Waals surface area contributed by atoms with E-state index in [1.165, 1.54) is 0 Å². The second-order valence-electron chi connectivity index (χ2n) is 10.5. The van der Waals surface area contributed by atoms with Crippen molar-refractivity contribution in [3.63, 3.8) is 0 Å². The Morgan fingerprint density at radius 1 is 1.15 bits per heavy atom. The van der Waals surface area contributed by atoms with Gasteiger partial charge in [0, 0.05) is 23.2 Å². The van der Waals surface area contributed by atoms with Crippen LogP contribution in [0, 0.1) is 12.8 Å². The number of nitrogens with one attached hydrogen (secondary N) is 2. The van der Waals surface area contributed by atoms with Gasteiger partial charge in [-0.15, -0.1) is 0 Å². The number of carboxylic acid groups (broad SMARTS) is 1. The monoisotopic (exact) mass is 578 g/mol. The molecule has 5 rings (SSSR count). The summed E-state index contributed by atoms with van der Waals surface area (Å²) >= 11 is 0. The summed E-state index contributed by atoms with van der Waals surface area (Å²) in [4.78, 5) is 16.2. The molecule has 0 unspecified atom stereocenters. The van der Waals surface area contributed by atoms with Crippen molar-refractivity contribution in [1.29, 1.82) is 0 Å². The Balaban J connectivity index is 0.000000493. The molecular weight excluding hydrogens is 541 g/mol. The van der Waals surface area contributed by atoms with E-state index in [0.717, 1.165) is 97.2 Å². The van der Waals surface area contributed by atoms with Crippen LogP contribution in [0.15, 0.2) is 34.7 Å². The average Bonchev–Trinajstić information content (AvgIpc) is 3.39. The molecule has 0 aliphatic carbocycles. The predicted molar refractivity (Wildman–Crippen MR) is 150 cm³/mol. The molecule has 41 heavy (non-hydrogen) atoms. The lowest BCUT2D eigenvalue weighted by atomic mass is 9.99. The average molecular weight is 579 g/mol. The maximum Gasteiger partial charge on any atom is 0.490 e. The van der Waals surface area contributed by atoms with Crippen LogP contribution in [0.25, 0.3) is 22.4 Å². The van der Waals surface area contributed by atoms with Gasteiger partial charge in [-0.3, -0.25) is 0 Å². The number of nitrogens with zero attached hydrogens (tertiary/aromatic N) is 2. The number of rotatable bonds is 7. The van der Waals surface area contributed by atoms with Crippen molar-refractivity contribution in [2.75, 3.05) is 52.3 Å². The van der Waals surface area contributed by atoms with E-state index in [9.17, 15) is 13.2 Å².